The Morgan fingerprint density at radius 2 is 1.60 bits per heavy atom. The summed E-state index contributed by atoms with van der Waals surface area (Å²) in [6, 6.07) is 19.6. The molecule has 3 aromatic carbocycles. The number of nitrogens with zero attached hydrogens (tertiary/aromatic N) is 4. The van der Waals surface area contributed by atoms with E-state index in [4.69, 9.17) is 14.7 Å². The lowest BCUT2D eigenvalue weighted by Crippen LogP contribution is -2.53. The summed E-state index contributed by atoms with van der Waals surface area (Å²) < 4.78 is 5.66. The van der Waals surface area contributed by atoms with Gasteiger partial charge in [-0.25, -0.2) is 19.6 Å². The van der Waals surface area contributed by atoms with Gasteiger partial charge in [-0.15, -0.1) is 0 Å². The van der Waals surface area contributed by atoms with Crippen molar-refractivity contribution in [3.05, 3.63) is 83.7 Å². The van der Waals surface area contributed by atoms with E-state index in [1.54, 1.807) is 9.80 Å². The summed E-state index contributed by atoms with van der Waals surface area (Å²) in [4.78, 5) is 45.6. The lowest BCUT2D eigenvalue weighted by molar-refractivity contribution is 0.0213. The molecule has 10 heteroatoms. The maximum Gasteiger partial charge on any atom is 0.410 e. The Morgan fingerprint density at radius 3 is 2.33 bits per heavy atom. The molecular weight excluding hydrogens is 653 g/mol. The molecule has 8 rings (SSSR count). The minimum absolute atomic E-state index is 0.125. The van der Waals surface area contributed by atoms with Crippen LogP contribution in [0.1, 0.15) is 96.2 Å². The zero-order valence-corrected chi connectivity index (χ0v) is 31.0. The molecule has 10 nitrogen and oxygen atoms in total. The van der Waals surface area contributed by atoms with Crippen LogP contribution in [-0.2, 0) is 23.1 Å². The second kappa shape index (κ2) is 12.2. The second-order valence-corrected chi connectivity index (χ2v) is 16.7. The molecule has 2 unspecified atom stereocenters. The number of amides is 2. The predicted molar refractivity (Wildman–Crippen MR) is 202 cm³/mol. The molecule has 52 heavy (non-hydrogen) atoms. The molecule has 2 aliphatic heterocycles. The van der Waals surface area contributed by atoms with Crippen LogP contribution < -0.4 is 0 Å². The number of aromatic amines is 2. The second-order valence-electron chi connectivity index (χ2n) is 16.7. The average molecular weight is 701 g/mol. The van der Waals surface area contributed by atoms with Crippen LogP contribution in [0, 0.1) is 5.41 Å². The fourth-order valence-electron chi connectivity index (χ4n) is 8.78. The quantitative estimate of drug-likeness (QED) is 0.171. The minimum Gasteiger partial charge on any atom is -0.465 e. The number of nitrogens with one attached hydrogen (secondary N) is 2. The highest BCUT2D eigenvalue weighted by Gasteiger charge is 2.55. The van der Waals surface area contributed by atoms with Gasteiger partial charge in [-0.1, -0.05) is 63.2 Å². The molecule has 0 radical (unpaired) electrons. The van der Waals surface area contributed by atoms with Gasteiger partial charge in [0, 0.05) is 24.2 Å². The third-order valence-corrected chi connectivity index (χ3v) is 11.3. The molecule has 3 aliphatic rings. The number of aromatic nitrogens is 4. The number of rotatable bonds is 4. The third kappa shape index (κ3) is 5.72. The lowest BCUT2D eigenvalue weighted by atomic mass is 9.71. The van der Waals surface area contributed by atoms with E-state index in [1.165, 1.54) is 5.56 Å². The topological polar surface area (TPSA) is 127 Å². The molecule has 0 spiro atoms. The highest BCUT2D eigenvalue weighted by atomic mass is 16.6. The highest BCUT2D eigenvalue weighted by Crippen LogP contribution is 2.51. The first-order chi connectivity index (χ1) is 24.7. The average Bonchev–Trinajstić information content (AvgIpc) is 3.91. The smallest absolute Gasteiger partial charge is 0.410 e. The van der Waals surface area contributed by atoms with Crippen LogP contribution in [0.4, 0.5) is 9.59 Å². The van der Waals surface area contributed by atoms with Gasteiger partial charge in [0.05, 0.1) is 29.3 Å². The number of H-pyrrole nitrogens is 2. The van der Waals surface area contributed by atoms with Gasteiger partial charge in [-0.3, -0.25) is 9.80 Å². The van der Waals surface area contributed by atoms with Crippen molar-refractivity contribution in [1.29, 1.82) is 0 Å². The number of likely N-dealkylation sites (tertiary alicyclic amines) is 2. The molecular formula is C42H48N6O4. The number of carboxylic acid groups (broad SMARTS) is 1. The summed E-state index contributed by atoms with van der Waals surface area (Å²) in [6.07, 6.45) is 5.71. The van der Waals surface area contributed by atoms with Crippen LogP contribution in [0.2, 0.25) is 0 Å². The van der Waals surface area contributed by atoms with E-state index in [9.17, 15) is 14.7 Å². The van der Waals surface area contributed by atoms with Crippen LogP contribution in [0.25, 0.3) is 44.4 Å². The van der Waals surface area contributed by atoms with Gasteiger partial charge in [0.2, 0.25) is 0 Å². The van der Waals surface area contributed by atoms with E-state index in [0.717, 1.165) is 100 Å². The van der Waals surface area contributed by atoms with Gasteiger partial charge in [0.1, 0.15) is 22.8 Å². The number of benzene rings is 3. The molecule has 5 aromatic rings. The standard InChI is InChI=1S/C42H48N6O4/c1-40(2,3)42(18-8-20-48(42)38(49)50)37-45-32-17-15-29-22-28(14-16-31(29)35(32)46-37)25-10-11-27-23-30(13-12-26(27)21-25)33-24-43-36(44-33)34-9-7-19-47(34)39(51)52-41(4,5)6/h10-14,16,21-24,34H,7-9,15,17-20H2,1-6H3,(H,43,44)(H,45,46)(H,49,50). The fraction of sp³-hybridized carbons (Fsp3) is 0.429. The van der Waals surface area contributed by atoms with Gasteiger partial charge >= 0.3 is 12.2 Å². The Hall–Kier alpha value is -5.12. The molecule has 0 bridgehead atoms. The summed E-state index contributed by atoms with van der Waals surface area (Å²) >= 11 is 0. The summed E-state index contributed by atoms with van der Waals surface area (Å²) in [7, 11) is 0. The monoisotopic (exact) mass is 700 g/mol. The maximum atomic E-state index is 12.9. The number of imidazole rings is 2. The number of hydrogen-bond acceptors (Lipinski definition) is 5. The van der Waals surface area contributed by atoms with E-state index in [2.05, 4.69) is 85.3 Å². The van der Waals surface area contributed by atoms with Crippen molar-refractivity contribution in [2.75, 3.05) is 13.1 Å². The number of hydrogen-bond donors (Lipinski definition) is 3. The number of carbonyl (C=O) groups is 2. The Bertz CT molecular complexity index is 2200. The Labute approximate surface area is 304 Å². The van der Waals surface area contributed by atoms with Crippen molar-refractivity contribution in [2.45, 2.75) is 97.2 Å². The van der Waals surface area contributed by atoms with Crippen LogP contribution in [-0.4, -0.2) is 65.7 Å². The van der Waals surface area contributed by atoms with Gasteiger partial charge in [-0.05, 0) is 104 Å². The molecule has 2 saturated heterocycles. The predicted octanol–water partition coefficient (Wildman–Crippen LogP) is 9.47. The van der Waals surface area contributed by atoms with Crippen LogP contribution in [0.3, 0.4) is 0 Å². The van der Waals surface area contributed by atoms with Gasteiger partial charge < -0.3 is 19.8 Å². The lowest BCUT2D eigenvalue weighted by Gasteiger charge is -2.45. The summed E-state index contributed by atoms with van der Waals surface area (Å²) in [5.41, 5.74) is 7.16. The third-order valence-electron chi connectivity index (χ3n) is 11.3. The van der Waals surface area contributed by atoms with Crippen LogP contribution in [0.15, 0.2) is 60.8 Å². The van der Waals surface area contributed by atoms with Crippen molar-refractivity contribution in [3.8, 4) is 33.6 Å². The molecule has 2 fully saturated rings. The highest BCUT2D eigenvalue weighted by molar-refractivity contribution is 5.91. The summed E-state index contributed by atoms with van der Waals surface area (Å²) in [6.45, 7) is 13.2. The summed E-state index contributed by atoms with van der Waals surface area (Å²) in [5, 5.41) is 12.4. The number of carbonyl (C=O) groups excluding carboxylic acids is 1. The van der Waals surface area contributed by atoms with E-state index in [0.29, 0.717) is 13.1 Å². The normalized spacial score (nSPS) is 20.3. The van der Waals surface area contributed by atoms with Crippen LogP contribution in [0.5, 0.6) is 0 Å². The first-order valence-electron chi connectivity index (χ1n) is 18.5. The van der Waals surface area contributed by atoms with Gasteiger partial charge in [-0.2, -0.15) is 0 Å². The largest absolute Gasteiger partial charge is 0.465 e. The Morgan fingerprint density at radius 1 is 0.885 bits per heavy atom. The van der Waals surface area contributed by atoms with E-state index in [1.807, 2.05) is 27.0 Å². The molecule has 4 heterocycles. The SMILES string of the molecule is CC(C)(C)OC(=O)N1CCCC1c1ncc(-c2ccc3cc(-c4ccc5c(c4)CCc4nc(C6(C(C)(C)C)CCCN6C(=O)O)[nH]c4-5)ccc3c2)[nH]1. The zero-order chi connectivity index (χ0) is 36.6. The molecule has 2 atom stereocenters. The molecule has 3 N–H and O–H groups in total. The molecule has 2 aromatic heterocycles. The minimum atomic E-state index is -0.888. The maximum absolute atomic E-state index is 12.9. The zero-order valence-electron chi connectivity index (χ0n) is 31.0. The van der Waals surface area contributed by atoms with Gasteiger partial charge in [0.15, 0.2) is 0 Å². The van der Waals surface area contributed by atoms with Gasteiger partial charge in [0.25, 0.3) is 0 Å². The van der Waals surface area contributed by atoms with Crippen molar-refractivity contribution in [1.82, 2.24) is 29.7 Å². The number of ether oxygens (including phenoxy) is 1. The molecule has 270 valence electrons. The van der Waals surface area contributed by atoms with Crippen molar-refractivity contribution >= 4 is 23.0 Å². The van der Waals surface area contributed by atoms with E-state index >= 15 is 0 Å². The molecule has 2 amide bonds. The van der Waals surface area contributed by atoms with Crippen molar-refractivity contribution in [2.24, 2.45) is 5.41 Å². The molecule has 1 aliphatic carbocycles. The van der Waals surface area contributed by atoms with E-state index in [-0.39, 0.29) is 17.6 Å². The summed E-state index contributed by atoms with van der Waals surface area (Å²) in [5.74, 6) is 1.55. The van der Waals surface area contributed by atoms with Crippen LogP contribution >= 0.6 is 0 Å². The van der Waals surface area contributed by atoms with E-state index < -0.39 is 17.2 Å². The fourth-order valence-corrected chi connectivity index (χ4v) is 8.78. The first kappa shape index (κ1) is 34.0. The van der Waals surface area contributed by atoms with Crippen molar-refractivity contribution < 1.29 is 19.4 Å². The Balaban J connectivity index is 1.04. The number of fused-ring (bicyclic) bond motifs is 4. The first-order valence-corrected chi connectivity index (χ1v) is 18.5. The number of aryl methyl sites for hydroxylation is 2. The molecule has 0 saturated carbocycles. The van der Waals surface area contributed by atoms with Crippen molar-refractivity contribution in [3.63, 3.8) is 0 Å². The Kier molecular flexibility index (Phi) is 8.00.